The minimum Gasteiger partial charge on any atom is -0.423 e. The molecule has 156 valence electrons. The second-order valence-electron chi connectivity index (χ2n) is 7.84. The number of sulfonamides is 1. The Morgan fingerprint density at radius 1 is 1.04 bits per heavy atom. The molecule has 0 fully saturated rings. The van der Waals surface area contributed by atoms with E-state index in [1.165, 1.54) is 7.05 Å². The molecular weight excluding hydrogens is 419 g/mol. The predicted octanol–water partition coefficient (Wildman–Crippen LogP) is 4.60. The van der Waals surface area contributed by atoms with Gasteiger partial charge in [-0.1, -0.05) is 32.4 Å². The molecule has 11 heteroatoms. The fourth-order valence-corrected chi connectivity index (χ4v) is 4.24. The molecule has 0 amide bonds. The summed E-state index contributed by atoms with van der Waals surface area (Å²) in [5, 5.41) is 7.38. The zero-order chi connectivity index (χ0) is 21.7. The topological polar surface area (TPSA) is 76.3 Å². The standard InChI is InChI=1S/C17H21ClF3N3O3S/c1-15(2,3)13-22-23-14(27-13)16(4,5)24(6)28(25,26)12-8-7-10(9-11(12)18)17(19,20)21/h7-9H,1-6H3. The second kappa shape index (κ2) is 7.00. The monoisotopic (exact) mass is 439 g/mol. The van der Waals surface area contributed by atoms with Crippen LogP contribution < -0.4 is 0 Å². The molecule has 0 atom stereocenters. The molecule has 0 aliphatic carbocycles. The first-order valence-corrected chi connectivity index (χ1v) is 10.0. The van der Waals surface area contributed by atoms with Gasteiger partial charge in [0.05, 0.1) is 10.6 Å². The van der Waals surface area contributed by atoms with Crippen LogP contribution in [0.3, 0.4) is 0 Å². The molecule has 0 aliphatic rings. The van der Waals surface area contributed by atoms with Crippen LogP contribution in [-0.4, -0.2) is 30.0 Å². The van der Waals surface area contributed by atoms with E-state index in [-0.39, 0.29) is 5.89 Å². The van der Waals surface area contributed by atoms with Crippen molar-refractivity contribution in [3.8, 4) is 0 Å². The third kappa shape index (κ3) is 4.18. The first-order chi connectivity index (χ1) is 12.5. The third-order valence-electron chi connectivity index (χ3n) is 4.27. The molecule has 0 aliphatic heterocycles. The van der Waals surface area contributed by atoms with Crippen LogP contribution in [0.25, 0.3) is 0 Å². The number of alkyl halides is 3. The highest BCUT2D eigenvalue weighted by molar-refractivity contribution is 7.89. The first-order valence-electron chi connectivity index (χ1n) is 8.19. The number of benzene rings is 1. The van der Waals surface area contributed by atoms with Gasteiger partial charge in [0.1, 0.15) is 10.4 Å². The lowest BCUT2D eigenvalue weighted by molar-refractivity contribution is -0.137. The van der Waals surface area contributed by atoms with Gasteiger partial charge >= 0.3 is 6.18 Å². The van der Waals surface area contributed by atoms with E-state index in [1.807, 2.05) is 20.8 Å². The van der Waals surface area contributed by atoms with Crippen molar-refractivity contribution < 1.29 is 26.0 Å². The highest BCUT2D eigenvalue weighted by Gasteiger charge is 2.41. The van der Waals surface area contributed by atoms with Crippen LogP contribution >= 0.6 is 11.6 Å². The van der Waals surface area contributed by atoms with Gasteiger partial charge in [0, 0.05) is 12.5 Å². The normalized spacial score (nSPS) is 14.0. The molecule has 2 aromatic rings. The Bertz CT molecular complexity index is 980. The lowest BCUT2D eigenvalue weighted by atomic mass is 9.97. The van der Waals surface area contributed by atoms with Gasteiger partial charge in [-0.15, -0.1) is 10.2 Å². The minimum atomic E-state index is -4.63. The fraction of sp³-hybridized carbons (Fsp3) is 0.529. The summed E-state index contributed by atoms with van der Waals surface area (Å²) in [6.07, 6.45) is -4.63. The van der Waals surface area contributed by atoms with E-state index < -0.39 is 42.6 Å². The molecule has 0 N–H and O–H groups in total. The Morgan fingerprint density at radius 3 is 2.00 bits per heavy atom. The van der Waals surface area contributed by atoms with E-state index >= 15 is 0 Å². The Hall–Kier alpha value is -1.65. The van der Waals surface area contributed by atoms with Crippen LogP contribution in [0.5, 0.6) is 0 Å². The molecule has 0 spiro atoms. The number of aromatic nitrogens is 2. The number of hydrogen-bond donors (Lipinski definition) is 0. The van der Waals surface area contributed by atoms with Crippen molar-refractivity contribution in [1.29, 1.82) is 0 Å². The fourth-order valence-electron chi connectivity index (χ4n) is 2.24. The summed E-state index contributed by atoms with van der Waals surface area (Å²) in [6, 6.07) is 2.09. The van der Waals surface area contributed by atoms with Crippen LogP contribution in [0.2, 0.25) is 5.02 Å². The molecule has 6 nitrogen and oxygen atoms in total. The minimum absolute atomic E-state index is 0.0477. The van der Waals surface area contributed by atoms with E-state index in [1.54, 1.807) is 13.8 Å². The van der Waals surface area contributed by atoms with Crippen molar-refractivity contribution in [2.24, 2.45) is 0 Å². The molecule has 2 rings (SSSR count). The third-order valence-corrected chi connectivity index (χ3v) is 6.79. The molecular formula is C17H21ClF3N3O3S. The number of rotatable bonds is 4. The molecule has 0 radical (unpaired) electrons. The lowest BCUT2D eigenvalue weighted by Gasteiger charge is -2.31. The van der Waals surface area contributed by atoms with Crippen LogP contribution in [0.4, 0.5) is 13.2 Å². The van der Waals surface area contributed by atoms with E-state index in [0.717, 1.165) is 10.4 Å². The zero-order valence-electron chi connectivity index (χ0n) is 16.2. The largest absolute Gasteiger partial charge is 0.423 e. The van der Waals surface area contributed by atoms with Crippen molar-refractivity contribution in [3.05, 3.63) is 40.6 Å². The summed E-state index contributed by atoms with van der Waals surface area (Å²) < 4.78 is 71.1. The molecule has 1 heterocycles. The highest BCUT2D eigenvalue weighted by atomic mass is 35.5. The summed E-state index contributed by atoms with van der Waals surface area (Å²) in [5.74, 6) is 0.375. The van der Waals surface area contributed by atoms with Crippen LogP contribution in [0, 0.1) is 0 Å². The number of halogens is 4. The van der Waals surface area contributed by atoms with Gasteiger partial charge in [-0.2, -0.15) is 17.5 Å². The summed E-state index contributed by atoms with van der Waals surface area (Å²) in [6.45, 7) is 8.67. The first kappa shape index (κ1) is 22.6. The van der Waals surface area contributed by atoms with E-state index in [0.29, 0.717) is 18.0 Å². The van der Waals surface area contributed by atoms with Crippen LogP contribution in [0.15, 0.2) is 27.5 Å². The summed E-state index contributed by atoms with van der Waals surface area (Å²) in [5.41, 5.74) is -2.75. The Morgan fingerprint density at radius 2 is 1.57 bits per heavy atom. The van der Waals surface area contributed by atoms with Crippen molar-refractivity contribution in [1.82, 2.24) is 14.5 Å². The molecule has 0 saturated carbocycles. The molecule has 0 unspecified atom stereocenters. The molecule has 28 heavy (non-hydrogen) atoms. The van der Waals surface area contributed by atoms with E-state index in [4.69, 9.17) is 16.0 Å². The molecule has 1 aromatic heterocycles. The van der Waals surface area contributed by atoms with Gasteiger partial charge in [0.2, 0.25) is 21.8 Å². The molecule has 0 saturated heterocycles. The predicted molar refractivity (Wildman–Crippen MR) is 97.4 cm³/mol. The van der Waals surface area contributed by atoms with Crippen molar-refractivity contribution in [2.75, 3.05) is 7.05 Å². The Labute approximate surface area is 166 Å². The average Bonchev–Trinajstić information content (AvgIpc) is 3.03. The van der Waals surface area contributed by atoms with Gasteiger partial charge < -0.3 is 4.42 Å². The maximum absolute atomic E-state index is 13.0. The molecule has 1 aromatic carbocycles. The maximum Gasteiger partial charge on any atom is 0.416 e. The Kier molecular flexibility index (Phi) is 5.66. The second-order valence-corrected chi connectivity index (χ2v) is 10.2. The summed E-state index contributed by atoms with van der Waals surface area (Å²) >= 11 is 5.87. The summed E-state index contributed by atoms with van der Waals surface area (Å²) in [7, 11) is -2.99. The van der Waals surface area contributed by atoms with Gasteiger partial charge in [0.15, 0.2) is 0 Å². The van der Waals surface area contributed by atoms with Crippen molar-refractivity contribution >= 4 is 21.6 Å². The lowest BCUT2D eigenvalue weighted by Crippen LogP contribution is -2.43. The Balaban J connectivity index is 2.46. The highest BCUT2D eigenvalue weighted by Crippen LogP contribution is 2.37. The van der Waals surface area contributed by atoms with Gasteiger partial charge in [-0.3, -0.25) is 0 Å². The van der Waals surface area contributed by atoms with Gasteiger partial charge in [-0.25, -0.2) is 8.42 Å². The SMILES string of the molecule is CN(C(C)(C)c1nnc(C(C)(C)C)o1)S(=O)(=O)c1ccc(C(F)(F)F)cc1Cl. The average molecular weight is 440 g/mol. The van der Waals surface area contributed by atoms with Crippen LogP contribution in [0.1, 0.15) is 52.0 Å². The maximum atomic E-state index is 13.0. The van der Waals surface area contributed by atoms with Gasteiger partial charge in [-0.05, 0) is 32.0 Å². The smallest absolute Gasteiger partial charge is 0.416 e. The summed E-state index contributed by atoms with van der Waals surface area (Å²) in [4.78, 5) is -0.451. The van der Waals surface area contributed by atoms with Crippen molar-refractivity contribution in [3.63, 3.8) is 0 Å². The quantitative estimate of drug-likeness (QED) is 0.696. The zero-order valence-corrected chi connectivity index (χ0v) is 17.8. The van der Waals surface area contributed by atoms with Gasteiger partial charge in [0.25, 0.3) is 0 Å². The molecule has 0 bridgehead atoms. The van der Waals surface area contributed by atoms with E-state index in [9.17, 15) is 21.6 Å². The van der Waals surface area contributed by atoms with E-state index in [2.05, 4.69) is 10.2 Å². The van der Waals surface area contributed by atoms with Crippen molar-refractivity contribution in [2.45, 2.75) is 56.6 Å². The number of nitrogens with zero attached hydrogens (tertiary/aromatic N) is 3. The number of hydrogen-bond acceptors (Lipinski definition) is 5. The van der Waals surface area contributed by atoms with Crippen LogP contribution in [-0.2, 0) is 27.2 Å².